The molecule has 1 aromatic carbocycles. The van der Waals surface area contributed by atoms with Crippen LogP contribution in [-0.2, 0) is 0 Å². The molecule has 1 aromatic rings. The maximum Gasteiger partial charge on any atom is 0.0363 e. The summed E-state index contributed by atoms with van der Waals surface area (Å²) in [7, 11) is 2.18. The van der Waals surface area contributed by atoms with Crippen molar-refractivity contribution in [1.29, 1.82) is 0 Å². The third kappa shape index (κ3) is 5.54. The minimum absolute atomic E-state index is 0.935. The van der Waals surface area contributed by atoms with E-state index >= 15 is 0 Å². The maximum absolute atomic E-state index is 3.66. The molecule has 1 N–H and O–H groups in total. The van der Waals surface area contributed by atoms with Gasteiger partial charge in [-0.05, 0) is 50.4 Å². The number of rotatable bonds is 7. The Balaban J connectivity index is 1.55. The highest BCUT2D eigenvalue weighted by atomic mass is 15.1. The van der Waals surface area contributed by atoms with Gasteiger partial charge in [-0.2, -0.15) is 0 Å². The molecular formula is C18H30N2. The summed E-state index contributed by atoms with van der Waals surface area (Å²) in [6.45, 7) is 3.50. The van der Waals surface area contributed by atoms with Crippen LogP contribution in [0.3, 0.4) is 0 Å². The topological polar surface area (TPSA) is 15.3 Å². The molecule has 112 valence electrons. The summed E-state index contributed by atoms with van der Waals surface area (Å²) in [5.74, 6) is 0.935. The van der Waals surface area contributed by atoms with Gasteiger partial charge in [0.05, 0.1) is 0 Å². The summed E-state index contributed by atoms with van der Waals surface area (Å²) in [5, 5.41) is 3.66. The van der Waals surface area contributed by atoms with E-state index in [0.29, 0.717) is 0 Å². The van der Waals surface area contributed by atoms with Crippen molar-refractivity contribution in [2.24, 2.45) is 5.92 Å². The predicted molar refractivity (Wildman–Crippen MR) is 88.4 cm³/mol. The van der Waals surface area contributed by atoms with E-state index in [-0.39, 0.29) is 0 Å². The second-order valence-corrected chi connectivity index (χ2v) is 6.17. The van der Waals surface area contributed by atoms with Crippen LogP contribution in [0, 0.1) is 5.92 Å². The molecule has 0 heterocycles. The molecule has 1 saturated carbocycles. The molecular weight excluding hydrogens is 244 g/mol. The average molecular weight is 274 g/mol. The van der Waals surface area contributed by atoms with E-state index in [4.69, 9.17) is 0 Å². The lowest BCUT2D eigenvalue weighted by molar-refractivity contribution is 0.424. The SMILES string of the molecule is CN(CCCNCC1CCCCCC1)c1ccccc1. The van der Waals surface area contributed by atoms with Gasteiger partial charge in [0.15, 0.2) is 0 Å². The van der Waals surface area contributed by atoms with E-state index in [9.17, 15) is 0 Å². The Morgan fingerprint density at radius 3 is 2.45 bits per heavy atom. The molecule has 0 unspecified atom stereocenters. The highest BCUT2D eigenvalue weighted by molar-refractivity contribution is 5.44. The summed E-state index contributed by atoms with van der Waals surface area (Å²) in [5.41, 5.74) is 1.32. The number of hydrogen-bond acceptors (Lipinski definition) is 2. The molecule has 0 atom stereocenters. The van der Waals surface area contributed by atoms with Crippen molar-refractivity contribution in [1.82, 2.24) is 5.32 Å². The van der Waals surface area contributed by atoms with Gasteiger partial charge in [-0.3, -0.25) is 0 Å². The number of benzene rings is 1. The Morgan fingerprint density at radius 1 is 1.05 bits per heavy atom. The van der Waals surface area contributed by atoms with E-state index in [0.717, 1.165) is 19.0 Å². The Kier molecular flexibility index (Phi) is 6.93. The third-order valence-electron chi connectivity index (χ3n) is 4.45. The maximum atomic E-state index is 3.66. The lowest BCUT2D eigenvalue weighted by Crippen LogP contribution is -2.27. The molecule has 0 saturated heterocycles. The van der Waals surface area contributed by atoms with Crippen LogP contribution in [0.4, 0.5) is 5.69 Å². The van der Waals surface area contributed by atoms with Crippen molar-refractivity contribution in [2.75, 3.05) is 31.6 Å². The van der Waals surface area contributed by atoms with Crippen molar-refractivity contribution in [3.63, 3.8) is 0 Å². The summed E-state index contributed by atoms with van der Waals surface area (Å²) in [6.07, 6.45) is 9.91. The van der Waals surface area contributed by atoms with E-state index < -0.39 is 0 Å². The highest BCUT2D eigenvalue weighted by Crippen LogP contribution is 2.22. The van der Waals surface area contributed by atoms with Crippen molar-refractivity contribution in [3.05, 3.63) is 30.3 Å². The quantitative estimate of drug-likeness (QED) is 0.595. The number of para-hydroxylation sites is 1. The smallest absolute Gasteiger partial charge is 0.0363 e. The fourth-order valence-corrected chi connectivity index (χ4v) is 3.13. The summed E-state index contributed by atoms with van der Waals surface area (Å²) in [4.78, 5) is 2.34. The summed E-state index contributed by atoms with van der Waals surface area (Å²) >= 11 is 0. The van der Waals surface area contributed by atoms with Gasteiger partial charge in [0.2, 0.25) is 0 Å². The molecule has 1 aliphatic rings. The number of anilines is 1. The molecule has 0 aromatic heterocycles. The van der Waals surface area contributed by atoms with E-state index in [1.54, 1.807) is 0 Å². The second-order valence-electron chi connectivity index (χ2n) is 6.17. The van der Waals surface area contributed by atoms with Crippen LogP contribution >= 0.6 is 0 Å². The molecule has 0 spiro atoms. The first-order valence-corrected chi connectivity index (χ1v) is 8.33. The Labute approximate surface area is 124 Å². The van der Waals surface area contributed by atoms with Crippen molar-refractivity contribution >= 4 is 5.69 Å². The summed E-state index contributed by atoms with van der Waals surface area (Å²) in [6, 6.07) is 10.6. The van der Waals surface area contributed by atoms with Crippen molar-refractivity contribution in [3.8, 4) is 0 Å². The number of nitrogens with one attached hydrogen (secondary N) is 1. The standard InChI is InChI=1S/C18H30N2/c1-20(18-12-7-4-8-13-18)15-9-14-19-16-17-10-5-2-3-6-11-17/h4,7-8,12-13,17,19H,2-3,5-6,9-11,14-16H2,1H3. The lowest BCUT2D eigenvalue weighted by atomic mass is 10.0. The van der Waals surface area contributed by atoms with Gasteiger partial charge >= 0.3 is 0 Å². The fourth-order valence-electron chi connectivity index (χ4n) is 3.13. The molecule has 1 aliphatic carbocycles. The normalized spacial score (nSPS) is 16.9. The first-order valence-electron chi connectivity index (χ1n) is 8.33. The van der Waals surface area contributed by atoms with Crippen LogP contribution in [0.2, 0.25) is 0 Å². The molecule has 0 bridgehead atoms. The van der Waals surface area contributed by atoms with Gasteiger partial charge in [0.25, 0.3) is 0 Å². The average Bonchev–Trinajstić information content (AvgIpc) is 2.76. The monoisotopic (exact) mass is 274 g/mol. The molecule has 2 nitrogen and oxygen atoms in total. The molecule has 0 amide bonds. The van der Waals surface area contributed by atoms with Crippen LogP contribution in [-0.4, -0.2) is 26.7 Å². The molecule has 0 radical (unpaired) electrons. The zero-order chi connectivity index (χ0) is 14.0. The lowest BCUT2D eigenvalue weighted by Gasteiger charge is -2.20. The van der Waals surface area contributed by atoms with E-state index in [1.807, 2.05) is 0 Å². The Bertz CT molecular complexity index is 342. The van der Waals surface area contributed by atoms with Gasteiger partial charge < -0.3 is 10.2 Å². The molecule has 2 rings (SSSR count). The van der Waals surface area contributed by atoms with Crippen LogP contribution in [0.5, 0.6) is 0 Å². The first kappa shape index (κ1) is 15.4. The minimum atomic E-state index is 0.935. The Hall–Kier alpha value is -1.02. The largest absolute Gasteiger partial charge is 0.375 e. The predicted octanol–water partition coefficient (Wildman–Crippen LogP) is 4.07. The minimum Gasteiger partial charge on any atom is -0.375 e. The third-order valence-corrected chi connectivity index (χ3v) is 4.45. The van der Waals surface area contributed by atoms with Crippen LogP contribution in [0.1, 0.15) is 44.9 Å². The molecule has 20 heavy (non-hydrogen) atoms. The zero-order valence-electron chi connectivity index (χ0n) is 13.0. The first-order chi connectivity index (χ1) is 9.86. The van der Waals surface area contributed by atoms with Gasteiger partial charge in [0, 0.05) is 19.3 Å². The van der Waals surface area contributed by atoms with Crippen molar-refractivity contribution in [2.45, 2.75) is 44.9 Å². The van der Waals surface area contributed by atoms with Crippen LogP contribution in [0.25, 0.3) is 0 Å². The molecule has 0 aliphatic heterocycles. The number of hydrogen-bond donors (Lipinski definition) is 1. The van der Waals surface area contributed by atoms with Crippen LogP contribution < -0.4 is 10.2 Å². The van der Waals surface area contributed by atoms with Crippen LogP contribution in [0.15, 0.2) is 30.3 Å². The zero-order valence-corrected chi connectivity index (χ0v) is 13.0. The Morgan fingerprint density at radius 2 is 1.75 bits per heavy atom. The molecule has 2 heteroatoms. The van der Waals surface area contributed by atoms with Gasteiger partial charge in [-0.1, -0.05) is 43.9 Å². The second kappa shape index (κ2) is 9.02. The highest BCUT2D eigenvalue weighted by Gasteiger charge is 2.11. The summed E-state index contributed by atoms with van der Waals surface area (Å²) < 4.78 is 0. The van der Waals surface area contributed by atoms with Gasteiger partial charge in [0.1, 0.15) is 0 Å². The number of nitrogens with zero attached hydrogens (tertiary/aromatic N) is 1. The molecule has 1 fully saturated rings. The van der Waals surface area contributed by atoms with E-state index in [1.165, 1.54) is 57.2 Å². The van der Waals surface area contributed by atoms with E-state index in [2.05, 4.69) is 47.6 Å². The van der Waals surface area contributed by atoms with Crippen molar-refractivity contribution < 1.29 is 0 Å². The van der Waals surface area contributed by atoms with Gasteiger partial charge in [-0.15, -0.1) is 0 Å². The fraction of sp³-hybridized carbons (Fsp3) is 0.667. The van der Waals surface area contributed by atoms with Gasteiger partial charge in [-0.25, -0.2) is 0 Å².